The Kier molecular flexibility index (Phi) is 2.96. The van der Waals surface area contributed by atoms with Gasteiger partial charge in [0.05, 0.1) is 0 Å². The highest BCUT2D eigenvalue weighted by atomic mass is 19.1. The van der Waals surface area contributed by atoms with Crippen molar-refractivity contribution in [1.29, 1.82) is 0 Å². The standard InChI is InChI=1S/C11H11FO/c1-8(2)5-10-6-11(12)4-3-9(10)7-13/h3-7H,1-2H3. The van der Waals surface area contributed by atoms with Crippen molar-refractivity contribution in [3.05, 3.63) is 40.7 Å². The largest absolute Gasteiger partial charge is 0.298 e. The number of benzene rings is 1. The predicted molar refractivity (Wildman–Crippen MR) is 51.1 cm³/mol. The van der Waals surface area contributed by atoms with Crippen molar-refractivity contribution in [1.82, 2.24) is 0 Å². The molecule has 0 aromatic heterocycles. The third kappa shape index (κ3) is 2.51. The van der Waals surface area contributed by atoms with Gasteiger partial charge >= 0.3 is 0 Å². The van der Waals surface area contributed by atoms with E-state index in [1.807, 2.05) is 13.8 Å². The van der Waals surface area contributed by atoms with E-state index in [0.717, 1.165) is 11.9 Å². The van der Waals surface area contributed by atoms with Crippen LogP contribution in [0.2, 0.25) is 0 Å². The zero-order valence-corrected chi connectivity index (χ0v) is 7.67. The summed E-state index contributed by atoms with van der Waals surface area (Å²) in [6, 6.07) is 4.12. The first kappa shape index (κ1) is 9.65. The fourth-order valence-corrected chi connectivity index (χ4v) is 1.09. The smallest absolute Gasteiger partial charge is 0.150 e. The maximum atomic E-state index is 12.8. The van der Waals surface area contributed by atoms with Crippen LogP contribution in [0.5, 0.6) is 0 Å². The van der Waals surface area contributed by atoms with Crippen LogP contribution in [0.3, 0.4) is 0 Å². The molecule has 0 spiro atoms. The Hall–Kier alpha value is -1.44. The number of carbonyl (C=O) groups excluding carboxylic acids is 1. The van der Waals surface area contributed by atoms with Gasteiger partial charge in [0.1, 0.15) is 5.82 Å². The van der Waals surface area contributed by atoms with E-state index < -0.39 is 0 Å². The Morgan fingerprint density at radius 1 is 1.31 bits per heavy atom. The summed E-state index contributed by atoms with van der Waals surface area (Å²) in [5.41, 5.74) is 2.19. The second-order valence-corrected chi connectivity index (χ2v) is 3.11. The van der Waals surface area contributed by atoms with Crippen LogP contribution in [-0.2, 0) is 0 Å². The number of halogens is 1. The molecule has 0 aliphatic heterocycles. The van der Waals surface area contributed by atoms with Crippen LogP contribution in [0, 0.1) is 5.82 Å². The normalized spacial score (nSPS) is 9.46. The molecule has 13 heavy (non-hydrogen) atoms. The topological polar surface area (TPSA) is 17.1 Å². The van der Waals surface area contributed by atoms with Crippen LogP contribution in [0.4, 0.5) is 4.39 Å². The molecule has 0 saturated heterocycles. The lowest BCUT2D eigenvalue weighted by molar-refractivity contribution is 0.112. The number of aldehydes is 1. The number of carbonyl (C=O) groups is 1. The highest BCUT2D eigenvalue weighted by molar-refractivity contribution is 5.82. The molecule has 0 amide bonds. The maximum Gasteiger partial charge on any atom is 0.150 e. The second-order valence-electron chi connectivity index (χ2n) is 3.11. The van der Waals surface area contributed by atoms with E-state index in [9.17, 15) is 9.18 Å². The zero-order chi connectivity index (χ0) is 9.84. The summed E-state index contributed by atoms with van der Waals surface area (Å²) in [4.78, 5) is 10.6. The summed E-state index contributed by atoms with van der Waals surface area (Å²) in [6.07, 6.45) is 2.51. The highest BCUT2D eigenvalue weighted by Crippen LogP contribution is 2.13. The number of hydrogen-bond acceptors (Lipinski definition) is 1. The van der Waals surface area contributed by atoms with Crippen molar-refractivity contribution in [3.63, 3.8) is 0 Å². The minimum Gasteiger partial charge on any atom is -0.298 e. The molecule has 0 fully saturated rings. The van der Waals surface area contributed by atoms with E-state index in [-0.39, 0.29) is 5.82 Å². The van der Waals surface area contributed by atoms with Crippen LogP contribution < -0.4 is 0 Å². The molecule has 1 rings (SSSR count). The van der Waals surface area contributed by atoms with Crippen molar-refractivity contribution in [2.75, 3.05) is 0 Å². The number of hydrogen-bond donors (Lipinski definition) is 0. The summed E-state index contributed by atoms with van der Waals surface area (Å²) in [6.45, 7) is 3.80. The van der Waals surface area contributed by atoms with Gasteiger partial charge in [-0.1, -0.05) is 11.6 Å². The molecule has 0 unspecified atom stereocenters. The molecule has 0 radical (unpaired) electrons. The van der Waals surface area contributed by atoms with Gasteiger partial charge < -0.3 is 0 Å². The van der Waals surface area contributed by atoms with Gasteiger partial charge in [0.15, 0.2) is 6.29 Å². The van der Waals surface area contributed by atoms with E-state index in [1.165, 1.54) is 18.2 Å². The fraction of sp³-hybridized carbons (Fsp3) is 0.182. The Bertz CT molecular complexity index is 349. The van der Waals surface area contributed by atoms with Crippen molar-refractivity contribution in [3.8, 4) is 0 Å². The average Bonchev–Trinajstić information content (AvgIpc) is 2.03. The summed E-state index contributed by atoms with van der Waals surface area (Å²) in [7, 11) is 0. The Labute approximate surface area is 76.9 Å². The van der Waals surface area contributed by atoms with E-state index >= 15 is 0 Å². The fourth-order valence-electron chi connectivity index (χ4n) is 1.09. The second kappa shape index (κ2) is 3.99. The Morgan fingerprint density at radius 3 is 2.54 bits per heavy atom. The van der Waals surface area contributed by atoms with Crippen molar-refractivity contribution in [2.24, 2.45) is 0 Å². The summed E-state index contributed by atoms with van der Waals surface area (Å²) in [5.74, 6) is -0.321. The molecule has 1 aromatic carbocycles. The van der Waals surface area contributed by atoms with Crippen molar-refractivity contribution < 1.29 is 9.18 Å². The predicted octanol–water partition coefficient (Wildman–Crippen LogP) is 3.06. The van der Waals surface area contributed by atoms with E-state index in [2.05, 4.69) is 0 Å². The average molecular weight is 178 g/mol. The van der Waals surface area contributed by atoms with Gasteiger partial charge in [-0.2, -0.15) is 0 Å². The zero-order valence-electron chi connectivity index (χ0n) is 7.67. The van der Waals surface area contributed by atoms with Gasteiger partial charge in [-0.25, -0.2) is 4.39 Å². The third-order valence-electron chi connectivity index (χ3n) is 1.62. The monoisotopic (exact) mass is 178 g/mol. The molecular formula is C11H11FO. The van der Waals surface area contributed by atoms with Crippen LogP contribution in [0.25, 0.3) is 6.08 Å². The minimum absolute atomic E-state index is 0.321. The highest BCUT2D eigenvalue weighted by Gasteiger charge is 1.99. The summed E-state index contributed by atoms with van der Waals surface area (Å²) >= 11 is 0. The third-order valence-corrected chi connectivity index (χ3v) is 1.62. The molecule has 0 atom stereocenters. The molecule has 0 heterocycles. The number of rotatable bonds is 2. The Balaban J connectivity index is 3.23. The lowest BCUT2D eigenvalue weighted by atomic mass is 10.1. The van der Waals surface area contributed by atoms with E-state index in [4.69, 9.17) is 0 Å². The van der Waals surface area contributed by atoms with Gasteiger partial charge in [-0.15, -0.1) is 0 Å². The van der Waals surface area contributed by atoms with Crippen molar-refractivity contribution >= 4 is 12.4 Å². The van der Waals surface area contributed by atoms with Crippen LogP contribution in [-0.4, -0.2) is 6.29 Å². The molecule has 1 nitrogen and oxygen atoms in total. The van der Waals surface area contributed by atoms with Gasteiger partial charge in [-0.3, -0.25) is 4.79 Å². The minimum atomic E-state index is -0.321. The molecular weight excluding hydrogens is 167 g/mol. The maximum absolute atomic E-state index is 12.8. The molecule has 68 valence electrons. The first-order valence-electron chi connectivity index (χ1n) is 4.03. The quantitative estimate of drug-likeness (QED) is 0.636. The summed E-state index contributed by atoms with van der Waals surface area (Å²) < 4.78 is 12.8. The first-order valence-corrected chi connectivity index (χ1v) is 4.03. The van der Waals surface area contributed by atoms with Crippen LogP contribution in [0.1, 0.15) is 29.8 Å². The SMILES string of the molecule is CC(C)=Cc1cc(F)ccc1C=O. The first-order chi connectivity index (χ1) is 6.13. The van der Waals surface area contributed by atoms with E-state index in [1.54, 1.807) is 6.08 Å². The molecule has 0 bridgehead atoms. The lowest BCUT2D eigenvalue weighted by Gasteiger charge is -1.99. The lowest BCUT2D eigenvalue weighted by Crippen LogP contribution is -1.87. The molecule has 0 aliphatic rings. The Morgan fingerprint density at radius 2 is 2.00 bits per heavy atom. The molecule has 0 saturated carbocycles. The molecule has 0 aliphatic carbocycles. The van der Waals surface area contributed by atoms with Gasteiger partial charge in [0, 0.05) is 5.56 Å². The molecule has 1 aromatic rings. The summed E-state index contributed by atoms with van der Waals surface area (Å²) in [5, 5.41) is 0. The molecule has 2 heteroatoms. The van der Waals surface area contributed by atoms with Gasteiger partial charge in [0.25, 0.3) is 0 Å². The molecule has 0 N–H and O–H groups in total. The van der Waals surface area contributed by atoms with Crippen LogP contribution >= 0.6 is 0 Å². The van der Waals surface area contributed by atoms with Crippen molar-refractivity contribution in [2.45, 2.75) is 13.8 Å². The van der Waals surface area contributed by atoms with Gasteiger partial charge in [0.2, 0.25) is 0 Å². The van der Waals surface area contributed by atoms with Crippen LogP contribution in [0.15, 0.2) is 23.8 Å². The van der Waals surface area contributed by atoms with Gasteiger partial charge in [-0.05, 0) is 37.6 Å². The number of allylic oxidation sites excluding steroid dienone is 1. The van der Waals surface area contributed by atoms with E-state index in [0.29, 0.717) is 11.1 Å².